The van der Waals surface area contributed by atoms with Crippen molar-refractivity contribution in [2.75, 3.05) is 11.9 Å². The second kappa shape index (κ2) is 9.03. The highest BCUT2D eigenvalue weighted by atomic mass is 35.5. The molecule has 0 radical (unpaired) electrons. The van der Waals surface area contributed by atoms with Gasteiger partial charge in [0, 0.05) is 5.02 Å². The molecule has 0 aromatic heterocycles. The summed E-state index contributed by atoms with van der Waals surface area (Å²) in [6.07, 6.45) is -1.08. The fourth-order valence-corrected chi connectivity index (χ4v) is 2.06. The number of hydrogen-bond acceptors (Lipinski definition) is 4. The van der Waals surface area contributed by atoms with Crippen LogP contribution in [0.5, 0.6) is 5.75 Å². The van der Waals surface area contributed by atoms with Crippen LogP contribution in [0.2, 0.25) is 5.02 Å². The van der Waals surface area contributed by atoms with E-state index in [4.69, 9.17) is 21.1 Å². The van der Waals surface area contributed by atoms with Gasteiger partial charge in [0.25, 0.3) is 5.91 Å². The fourth-order valence-electron chi connectivity index (χ4n) is 1.90. The molecule has 0 fully saturated rings. The Bertz CT molecular complexity index is 739. The molecule has 0 spiro atoms. The molecule has 0 unspecified atom stereocenters. The lowest BCUT2D eigenvalue weighted by Crippen LogP contribution is -2.30. The van der Waals surface area contributed by atoms with Gasteiger partial charge in [-0.25, -0.2) is 4.39 Å². The Morgan fingerprint density at radius 3 is 2.60 bits per heavy atom. The van der Waals surface area contributed by atoms with Gasteiger partial charge in [0.1, 0.15) is 11.6 Å². The Labute approximate surface area is 149 Å². The van der Waals surface area contributed by atoms with Gasteiger partial charge in [0.15, 0.2) is 6.10 Å². The second-order valence-electron chi connectivity index (χ2n) is 5.16. The number of benzene rings is 2. The Morgan fingerprint density at radius 2 is 1.92 bits per heavy atom. The van der Waals surface area contributed by atoms with Gasteiger partial charge in [-0.3, -0.25) is 9.59 Å². The number of ether oxygens (including phenoxy) is 2. The highest BCUT2D eigenvalue weighted by Gasteiger charge is 2.19. The molecule has 7 heteroatoms. The molecule has 25 heavy (non-hydrogen) atoms. The first-order valence-corrected chi connectivity index (χ1v) is 7.97. The molecule has 2 rings (SSSR count). The molecular formula is C18H17ClFNO4. The molecule has 1 N–H and O–H groups in total. The molecule has 0 heterocycles. The predicted octanol–water partition coefficient (Wildman–Crippen LogP) is 3.82. The van der Waals surface area contributed by atoms with Crippen molar-refractivity contribution in [1.82, 2.24) is 0 Å². The van der Waals surface area contributed by atoms with Crippen molar-refractivity contribution < 1.29 is 23.5 Å². The van der Waals surface area contributed by atoms with Gasteiger partial charge in [-0.2, -0.15) is 0 Å². The van der Waals surface area contributed by atoms with E-state index in [2.05, 4.69) is 5.32 Å². The van der Waals surface area contributed by atoms with Crippen LogP contribution in [0.3, 0.4) is 0 Å². The lowest BCUT2D eigenvalue weighted by atomic mass is 10.3. The maximum Gasteiger partial charge on any atom is 0.310 e. The summed E-state index contributed by atoms with van der Waals surface area (Å²) in [5.41, 5.74) is -0.0373. The van der Waals surface area contributed by atoms with Crippen molar-refractivity contribution in [3.8, 4) is 5.75 Å². The van der Waals surface area contributed by atoms with E-state index >= 15 is 0 Å². The van der Waals surface area contributed by atoms with Crippen LogP contribution in [0.25, 0.3) is 0 Å². The van der Waals surface area contributed by atoms with Crippen LogP contribution in [-0.4, -0.2) is 24.6 Å². The molecule has 5 nitrogen and oxygen atoms in total. The van der Waals surface area contributed by atoms with Crippen LogP contribution in [-0.2, 0) is 14.3 Å². The topological polar surface area (TPSA) is 64.6 Å². The third-order valence-corrected chi connectivity index (χ3v) is 3.42. The van der Waals surface area contributed by atoms with Crippen LogP contribution < -0.4 is 10.1 Å². The molecule has 1 amide bonds. The van der Waals surface area contributed by atoms with E-state index < -0.39 is 23.8 Å². The monoisotopic (exact) mass is 365 g/mol. The zero-order valence-electron chi connectivity index (χ0n) is 13.5. The highest BCUT2D eigenvalue weighted by molar-refractivity contribution is 6.30. The summed E-state index contributed by atoms with van der Waals surface area (Å²) in [6.45, 7) is 1.53. The molecular weight excluding hydrogens is 349 g/mol. The smallest absolute Gasteiger partial charge is 0.310 e. The summed E-state index contributed by atoms with van der Waals surface area (Å²) in [5, 5.41) is 2.56. The first kappa shape index (κ1) is 18.7. The first-order valence-electron chi connectivity index (χ1n) is 7.59. The number of amides is 1. The minimum absolute atomic E-state index is 0.0121. The standard InChI is InChI=1S/C18H17ClFNO4/c1-12(18(23)21-16-8-7-13(19)11-15(16)20)25-17(22)9-10-24-14-5-3-2-4-6-14/h2-8,11-12H,9-10H2,1H3,(H,21,23)/t12-/m1/s1. The van der Waals surface area contributed by atoms with Gasteiger partial charge in [-0.1, -0.05) is 29.8 Å². The predicted molar refractivity (Wildman–Crippen MR) is 92.1 cm³/mol. The van der Waals surface area contributed by atoms with Crippen molar-refractivity contribution >= 4 is 29.2 Å². The molecule has 0 saturated heterocycles. The molecule has 132 valence electrons. The van der Waals surface area contributed by atoms with E-state index in [1.54, 1.807) is 12.1 Å². The minimum atomic E-state index is -1.07. The number of nitrogens with one attached hydrogen (secondary N) is 1. The highest BCUT2D eigenvalue weighted by Crippen LogP contribution is 2.19. The molecule has 2 aromatic rings. The van der Waals surface area contributed by atoms with E-state index in [9.17, 15) is 14.0 Å². The summed E-state index contributed by atoms with van der Waals surface area (Å²) in [6, 6.07) is 12.9. The average molecular weight is 366 g/mol. The van der Waals surface area contributed by atoms with Crippen molar-refractivity contribution in [3.05, 3.63) is 59.4 Å². The fraction of sp³-hybridized carbons (Fsp3) is 0.222. The molecule has 1 atom stereocenters. The number of rotatable bonds is 7. The number of hydrogen-bond donors (Lipinski definition) is 1. The Morgan fingerprint density at radius 1 is 1.20 bits per heavy atom. The number of halogens is 2. The van der Waals surface area contributed by atoms with E-state index in [1.165, 1.54) is 19.1 Å². The van der Waals surface area contributed by atoms with Crippen LogP contribution in [0.4, 0.5) is 10.1 Å². The molecule has 0 aliphatic rings. The van der Waals surface area contributed by atoms with Gasteiger partial charge in [-0.15, -0.1) is 0 Å². The Balaban J connectivity index is 1.77. The lowest BCUT2D eigenvalue weighted by molar-refractivity contribution is -0.153. The van der Waals surface area contributed by atoms with E-state index in [0.29, 0.717) is 5.75 Å². The number of carbonyl (C=O) groups is 2. The zero-order valence-corrected chi connectivity index (χ0v) is 14.3. The largest absolute Gasteiger partial charge is 0.493 e. The van der Waals surface area contributed by atoms with Crippen LogP contribution in [0.15, 0.2) is 48.5 Å². The average Bonchev–Trinajstić information content (AvgIpc) is 2.58. The van der Waals surface area contributed by atoms with Crippen molar-refractivity contribution in [2.24, 2.45) is 0 Å². The van der Waals surface area contributed by atoms with E-state index in [-0.39, 0.29) is 23.7 Å². The van der Waals surface area contributed by atoms with Gasteiger partial charge >= 0.3 is 5.97 Å². The van der Waals surface area contributed by atoms with Crippen molar-refractivity contribution in [3.63, 3.8) is 0 Å². The van der Waals surface area contributed by atoms with Crippen molar-refractivity contribution in [1.29, 1.82) is 0 Å². The second-order valence-corrected chi connectivity index (χ2v) is 5.59. The summed E-state index contributed by atoms with van der Waals surface area (Å²) in [4.78, 5) is 23.7. The number of esters is 1. The summed E-state index contributed by atoms with van der Waals surface area (Å²) < 4.78 is 24.0. The maximum atomic E-state index is 13.6. The quantitative estimate of drug-likeness (QED) is 0.757. The van der Waals surface area contributed by atoms with Crippen LogP contribution >= 0.6 is 11.6 Å². The van der Waals surface area contributed by atoms with Crippen LogP contribution in [0.1, 0.15) is 13.3 Å². The van der Waals surface area contributed by atoms with Gasteiger partial charge in [-0.05, 0) is 37.3 Å². The summed E-state index contributed by atoms with van der Waals surface area (Å²) >= 11 is 5.64. The maximum absolute atomic E-state index is 13.6. The Kier molecular flexibility index (Phi) is 6.77. The zero-order chi connectivity index (χ0) is 18.2. The third kappa shape index (κ3) is 6.08. The van der Waals surface area contributed by atoms with Crippen LogP contribution in [0, 0.1) is 5.82 Å². The third-order valence-electron chi connectivity index (χ3n) is 3.18. The Hall–Kier alpha value is -2.60. The minimum Gasteiger partial charge on any atom is -0.493 e. The molecule has 0 saturated carbocycles. The SMILES string of the molecule is C[C@@H](OC(=O)CCOc1ccccc1)C(=O)Nc1ccc(Cl)cc1F. The first-order chi connectivity index (χ1) is 12.0. The number of para-hydroxylation sites is 1. The normalized spacial score (nSPS) is 11.5. The molecule has 0 bridgehead atoms. The number of anilines is 1. The van der Waals surface area contributed by atoms with Gasteiger partial charge in [0.2, 0.25) is 0 Å². The van der Waals surface area contributed by atoms with Gasteiger partial charge in [0.05, 0.1) is 18.7 Å². The lowest BCUT2D eigenvalue weighted by Gasteiger charge is -2.14. The summed E-state index contributed by atoms with van der Waals surface area (Å²) in [5.74, 6) is -1.26. The molecule has 0 aliphatic carbocycles. The molecule has 2 aromatic carbocycles. The van der Waals surface area contributed by atoms with E-state index in [1.807, 2.05) is 18.2 Å². The summed E-state index contributed by atoms with van der Waals surface area (Å²) in [7, 11) is 0. The van der Waals surface area contributed by atoms with Crippen molar-refractivity contribution in [2.45, 2.75) is 19.4 Å². The number of carbonyl (C=O) groups excluding carboxylic acids is 2. The molecule has 0 aliphatic heterocycles. The van der Waals surface area contributed by atoms with Gasteiger partial charge < -0.3 is 14.8 Å². The van der Waals surface area contributed by atoms with E-state index in [0.717, 1.165) is 6.07 Å².